The minimum Gasteiger partial charge on any atom is -0.316 e. The van der Waals surface area contributed by atoms with Crippen LogP contribution in [-0.2, 0) is 16.6 Å². The average molecular weight is 302 g/mol. The molecule has 0 aliphatic rings. The lowest BCUT2D eigenvalue weighted by Crippen LogP contribution is -2.28. The van der Waals surface area contributed by atoms with Gasteiger partial charge in [0.1, 0.15) is 10.7 Å². The second-order valence-electron chi connectivity index (χ2n) is 4.83. The highest BCUT2D eigenvalue weighted by Gasteiger charge is 2.24. The first-order chi connectivity index (χ1) is 9.43. The van der Waals surface area contributed by atoms with E-state index in [4.69, 9.17) is 0 Å². The van der Waals surface area contributed by atoms with Crippen LogP contribution in [0.1, 0.15) is 31.7 Å². The lowest BCUT2D eigenvalue weighted by molar-refractivity contribution is 0.449. The molecule has 0 atom stereocenters. The van der Waals surface area contributed by atoms with Gasteiger partial charge in [0.25, 0.3) is 0 Å². The molecule has 0 unspecified atom stereocenters. The summed E-state index contributed by atoms with van der Waals surface area (Å²) in [6.07, 6.45) is 2.76. The van der Waals surface area contributed by atoms with Gasteiger partial charge in [-0.2, -0.15) is 0 Å². The Kier molecular flexibility index (Phi) is 6.58. The van der Waals surface area contributed by atoms with Crippen molar-refractivity contribution in [1.82, 2.24) is 9.62 Å². The van der Waals surface area contributed by atoms with E-state index in [0.717, 1.165) is 24.8 Å². The van der Waals surface area contributed by atoms with Crippen LogP contribution < -0.4 is 5.32 Å². The zero-order valence-corrected chi connectivity index (χ0v) is 13.1. The third-order valence-electron chi connectivity index (χ3n) is 3.14. The quantitative estimate of drug-likeness (QED) is 0.750. The molecule has 0 radical (unpaired) electrons. The van der Waals surface area contributed by atoms with Crippen LogP contribution >= 0.6 is 0 Å². The van der Waals surface area contributed by atoms with Gasteiger partial charge in [0, 0.05) is 20.1 Å². The first-order valence-corrected chi connectivity index (χ1v) is 8.26. The van der Waals surface area contributed by atoms with Crippen LogP contribution in [-0.4, -0.2) is 33.4 Å². The van der Waals surface area contributed by atoms with Crippen LogP contribution in [0.3, 0.4) is 0 Å². The van der Waals surface area contributed by atoms with E-state index in [1.165, 1.54) is 23.5 Å². The van der Waals surface area contributed by atoms with E-state index in [9.17, 15) is 12.8 Å². The first kappa shape index (κ1) is 17.1. The number of rotatable bonds is 8. The minimum absolute atomic E-state index is 0.253. The summed E-state index contributed by atoms with van der Waals surface area (Å²) in [6.45, 7) is 2.96. The largest absolute Gasteiger partial charge is 0.316 e. The predicted molar refractivity (Wildman–Crippen MR) is 78.5 cm³/mol. The van der Waals surface area contributed by atoms with Gasteiger partial charge < -0.3 is 5.32 Å². The minimum atomic E-state index is -3.74. The van der Waals surface area contributed by atoms with Crippen molar-refractivity contribution in [3.8, 4) is 0 Å². The number of unbranched alkanes of at least 4 members (excludes halogenated alkanes) is 2. The Hall–Kier alpha value is -0.980. The van der Waals surface area contributed by atoms with Crippen molar-refractivity contribution < 1.29 is 12.8 Å². The molecule has 1 rings (SSSR count). The zero-order chi connectivity index (χ0) is 15.2. The molecule has 1 aromatic carbocycles. The maximum atomic E-state index is 14.0. The van der Waals surface area contributed by atoms with Gasteiger partial charge in [-0.1, -0.05) is 25.8 Å². The van der Waals surface area contributed by atoms with Gasteiger partial charge in [0.05, 0.1) is 0 Å². The highest BCUT2D eigenvalue weighted by atomic mass is 32.2. The van der Waals surface area contributed by atoms with Crippen LogP contribution in [0, 0.1) is 5.82 Å². The fourth-order valence-electron chi connectivity index (χ4n) is 1.94. The van der Waals surface area contributed by atoms with Gasteiger partial charge >= 0.3 is 0 Å². The maximum Gasteiger partial charge on any atom is 0.245 e. The monoisotopic (exact) mass is 302 g/mol. The molecule has 6 heteroatoms. The Balaban J connectivity index is 2.91. The number of hydrogen-bond acceptors (Lipinski definition) is 3. The zero-order valence-electron chi connectivity index (χ0n) is 12.3. The van der Waals surface area contributed by atoms with Gasteiger partial charge in [0.2, 0.25) is 10.0 Å². The average Bonchev–Trinajstić information content (AvgIpc) is 2.39. The SMILES string of the molecule is CCCCCN(C)S(=O)(=O)c1ccc(CNC)cc1F. The van der Waals surface area contributed by atoms with Crippen molar-refractivity contribution >= 4 is 10.0 Å². The van der Waals surface area contributed by atoms with E-state index in [1.54, 1.807) is 13.1 Å². The maximum absolute atomic E-state index is 14.0. The molecule has 0 fully saturated rings. The molecule has 0 aliphatic carbocycles. The summed E-state index contributed by atoms with van der Waals surface area (Å²) < 4.78 is 39.8. The fraction of sp³-hybridized carbons (Fsp3) is 0.571. The van der Waals surface area contributed by atoms with Crippen molar-refractivity contribution in [2.24, 2.45) is 0 Å². The molecule has 0 aliphatic heterocycles. The predicted octanol–water partition coefficient (Wildman–Crippen LogP) is 2.36. The summed E-state index contributed by atoms with van der Waals surface area (Å²) in [5.74, 6) is -0.694. The number of sulfonamides is 1. The summed E-state index contributed by atoms with van der Waals surface area (Å²) in [5.41, 5.74) is 0.720. The molecule has 0 spiro atoms. The van der Waals surface area contributed by atoms with Crippen LogP contribution in [0.2, 0.25) is 0 Å². The van der Waals surface area contributed by atoms with E-state index in [-0.39, 0.29) is 4.90 Å². The molecule has 1 aromatic rings. The molecule has 0 amide bonds. The fourth-order valence-corrected chi connectivity index (χ4v) is 3.19. The molecular weight excluding hydrogens is 279 g/mol. The van der Waals surface area contributed by atoms with Gasteiger partial charge in [-0.05, 0) is 31.2 Å². The van der Waals surface area contributed by atoms with Crippen molar-refractivity contribution in [1.29, 1.82) is 0 Å². The van der Waals surface area contributed by atoms with Gasteiger partial charge in [-0.3, -0.25) is 0 Å². The van der Waals surface area contributed by atoms with Crippen LogP contribution in [0.4, 0.5) is 4.39 Å². The Bertz CT molecular complexity index is 532. The normalized spacial score (nSPS) is 12.1. The molecule has 0 aromatic heterocycles. The molecule has 0 saturated carbocycles. The molecule has 0 heterocycles. The Morgan fingerprint density at radius 1 is 1.30 bits per heavy atom. The lowest BCUT2D eigenvalue weighted by atomic mass is 10.2. The number of hydrogen-bond donors (Lipinski definition) is 1. The summed E-state index contributed by atoms with van der Waals surface area (Å²) in [6, 6.07) is 4.24. The van der Waals surface area contributed by atoms with Crippen molar-refractivity contribution in [2.75, 3.05) is 20.6 Å². The third kappa shape index (κ3) is 4.26. The summed E-state index contributed by atoms with van der Waals surface area (Å²) in [7, 11) is -0.498. The van der Waals surface area contributed by atoms with Crippen LogP contribution in [0.15, 0.2) is 23.1 Å². The topological polar surface area (TPSA) is 49.4 Å². The van der Waals surface area contributed by atoms with Gasteiger partial charge in [-0.15, -0.1) is 0 Å². The van der Waals surface area contributed by atoms with E-state index < -0.39 is 15.8 Å². The molecular formula is C14H23FN2O2S. The highest BCUT2D eigenvalue weighted by Crippen LogP contribution is 2.20. The molecule has 0 bridgehead atoms. The van der Waals surface area contributed by atoms with E-state index in [1.807, 2.05) is 0 Å². The Morgan fingerprint density at radius 2 is 2.00 bits per heavy atom. The van der Waals surface area contributed by atoms with Crippen molar-refractivity contribution in [3.63, 3.8) is 0 Å². The lowest BCUT2D eigenvalue weighted by Gasteiger charge is -2.17. The second-order valence-corrected chi connectivity index (χ2v) is 6.84. The highest BCUT2D eigenvalue weighted by molar-refractivity contribution is 7.89. The molecule has 4 nitrogen and oxygen atoms in total. The number of nitrogens with one attached hydrogen (secondary N) is 1. The Morgan fingerprint density at radius 3 is 2.55 bits per heavy atom. The van der Waals surface area contributed by atoms with Crippen molar-refractivity contribution in [2.45, 2.75) is 37.6 Å². The van der Waals surface area contributed by atoms with Crippen molar-refractivity contribution in [3.05, 3.63) is 29.6 Å². The van der Waals surface area contributed by atoms with E-state index >= 15 is 0 Å². The first-order valence-electron chi connectivity index (χ1n) is 6.82. The second kappa shape index (κ2) is 7.71. The smallest absolute Gasteiger partial charge is 0.245 e. The van der Waals surface area contributed by atoms with Crippen LogP contribution in [0.5, 0.6) is 0 Å². The molecule has 1 N–H and O–H groups in total. The van der Waals surface area contributed by atoms with Crippen LogP contribution in [0.25, 0.3) is 0 Å². The summed E-state index contributed by atoms with van der Waals surface area (Å²) in [5, 5.41) is 2.90. The summed E-state index contributed by atoms with van der Waals surface area (Å²) in [4.78, 5) is -0.253. The number of benzene rings is 1. The Labute approximate surface area is 121 Å². The summed E-state index contributed by atoms with van der Waals surface area (Å²) >= 11 is 0. The van der Waals surface area contributed by atoms with Gasteiger partial charge in [-0.25, -0.2) is 17.1 Å². The standard InChI is InChI=1S/C14H23FN2O2S/c1-4-5-6-9-17(3)20(18,19)14-8-7-12(11-16-2)10-13(14)15/h7-8,10,16H,4-6,9,11H2,1-3H3. The van der Waals surface area contributed by atoms with E-state index in [2.05, 4.69) is 12.2 Å². The molecule has 114 valence electrons. The van der Waals surface area contributed by atoms with E-state index in [0.29, 0.717) is 13.1 Å². The van der Waals surface area contributed by atoms with Gasteiger partial charge in [0.15, 0.2) is 0 Å². The third-order valence-corrected chi connectivity index (χ3v) is 5.03. The molecule has 0 saturated heterocycles. The molecule has 20 heavy (non-hydrogen) atoms. The number of nitrogens with zero attached hydrogens (tertiary/aromatic N) is 1. The number of halogens is 1.